The van der Waals surface area contributed by atoms with E-state index in [0.29, 0.717) is 12.8 Å². The van der Waals surface area contributed by atoms with E-state index >= 15 is 0 Å². The van der Waals surface area contributed by atoms with Crippen LogP contribution in [-0.2, 0) is 19.0 Å². The number of aliphatic carboxylic acids is 1. The van der Waals surface area contributed by atoms with Gasteiger partial charge in [-0.2, -0.15) is 0 Å². The maximum Gasteiger partial charge on any atom is 0.307 e. The van der Waals surface area contributed by atoms with Crippen LogP contribution < -0.4 is 0 Å². The van der Waals surface area contributed by atoms with Crippen molar-refractivity contribution in [2.45, 2.75) is 49.8 Å². The molecule has 9 nitrogen and oxygen atoms in total. The number of carboxylic acids is 1. The molecule has 2 fully saturated rings. The van der Waals surface area contributed by atoms with Gasteiger partial charge in [-0.25, -0.2) is 0 Å². The Morgan fingerprint density at radius 1 is 1.12 bits per heavy atom. The molecule has 0 amide bonds. The van der Waals surface area contributed by atoms with E-state index in [9.17, 15) is 30.3 Å². The summed E-state index contributed by atoms with van der Waals surface area (Å²) < 4.78 is 16.3. The standard InChI is InChI=1S/C15H22O9/c16-5-8-10(17)11(18)12(19)15(23-8)24-14-9-6(3-4-22-14)1-2-7(9)13(20)21/h3-4,6-12,14-19H,1-2,5H2,(H,20,21)/t6-,7-,8?,9+,10?,11?,12?,14+,15?/m0/s1. The van der Waals surface area contributed by atoms with E-state index in [1.54, 1.807) is 6.08 Å². The van der Waals surface area contributed by atoms with Crippen LogP contribution in [0.2, 0.25) is 0 Å². The predicted octanol–water partition coefficient (Wildman–Crippen LogP) is -1.60. The molecule has 0 radical (unpaired) electrons. The third-order valence-corrected chi connectivity index (χ3v) is 5.06. The number of fused-ring (bicyclic) bond motifs is 1. The van der Waals surface area contributed by atoms with Crippen molar-refractivity contribution >= 4 is 5.97 Å². The lowest BCUT2D eigenvalue weighted by molar-refractivity contribution is -0.342. The van der Waals surface area contributed by atoms with Gasteiger partial charge in [-0.3, -0.25) is 4.79 Å². The Balaban J connectivity index is 1.74. The summed E-state index contributed by atoms with van der Waals surface area (Å²) in [7, 11) is 0. The van der Waals surface area contributed by atoms with Crippen molar-refractivity contribution < 1.29 is 44.5 Å². The van der Waals surface area contributed by atoms with Crippen LogP contribution in [-0.4, -0.2) is 75.1 Å². The van der Waals surface area contributed by atoms with Crippen molar-refractivity contribution in [3.8, 4) is 0 Å². The monoisotopic (exact) mass is 346 g/mol. The fraction of sp³-hybridized carbons (Fsp3) is 0.800. The minimum absolute atomic E-state index is 0.0188. The van der Waals surface area contributed by atoms with E-state index in [2.05, 4.69) is 0 Å². The van der Waals surface area contributed by atoms with Gasteiger partial charge in [-0.05, 0) is 24.8 Å². The molecule has 1 aliphatic carbocycles. The summed E-state index contributed by atoms with van der Waals surface area (Å²) in [6.45, 7) is -0.569. The largest absolute Gasteiger partial charge is 0.481 e. The highest BCUT2D eigenvalue weighted by Gasteiger charge is 2.50. The number of rotatable bonds is 4. The molecule has 1 saturated carbocycles. The first-order valence-corrected chi connectivity index (χ1v) is 7.95. The number of hydrogen-bond donors (Lipinski definition) is 5. The summed E-state index contributed by atoms with van der Waals surface area (Å²) in [6, 6.07) is 0. The van der Waals surface area contributed by atoms with Gasteiger partial charge in [0.15, 0.2) is 6.29 Å². The van der Waals surface area contributed by atoms with Crippen LogP contribution in [0, 0.1) is 17.8 Å². The van der Waals surface area contributed by atoms with Gasteiger partial charge in [0.2, 0.25) is 6.29 Å². The van der Waals surface area contributed by atoms with Gasteiger partial charge in [0.1, 0.15) is 24.4 Å². The van der Waals surface area contributed by atoms with Gasteiger partial charge in [-0.15, -0.1) is 0 Å². The van der Waals surface area contributed by atoms with E-state index in [4.69, 9.17) is 14.2 Å². The van der Waals surface area contributed by atoms with Crippen LogP contribution >= 0.6 is 0 Å². The van der Waals surface area contributed by atoms with Crippen molar-refractivity contribution in [3.63, 3.8) is 0 Å². The van der Waals surface area contributed by atoms with Crippen LogP contribution in [0.4, 0.5) is 0 Å². The topological polar surface area (TPSA) is 146 Å². The van der Waals surface area contributed by atoms with E-state index < -0.39 is 61.4 Å². The lowest BCUT2D eigenvalue weighted by Gasteiger charge is -2.42. The molecule has 3 aliphatic rings. The third-order valence-electron chi connectivity index (χ3n) is 5.06. The van der Waals surface area contributed by atoms with Gasteiger partial charge in [0, 0.05) is 5.92 Å². The van der Waals surface area contributed by atoms with Crippen LogP contribution in [0.1, 0.15) is 12.8 Å². The lowest BCUT2D eigenvalue weighted by Crippen LogP contribution is -2.60. The van der Waals surface area contributed by atoms with E-state index in [1.807, 2.05) is 0 Å². The summed E-state index contributed by atoms with van der Waals surface area (Å²) in [4.78, 5) is 11.4. The molecular formula is C15H22O9. The first-order valence-electron chi connectivity index (χ1n) is 7.95. The van der Waals surface area contributed by atoms with Crippen LogP contribution in [0.3, 0.4) is 0 Å². The number of aliphatic hydroxyl groups is 4. The lowest BCUT2D eigenvalue weighted by atomic mass is 9.87. The highest BCUT2D eigenvalue weighted by atomic mass is 16.8. The molecule has 5 unspecified atom stereocenters. The Kier molecular flexibility index (Phi) is 5.09. The normalized spacial score (nSPS) is 47.9. The van der Waals surface area contributed by atoms with Gasteiger partial charge < -0.3 is 39.7 Å². The third kappa shape index (κ3) is 3.03. The van der Waals surface area contributed by atoms with Crippen molar-refractivity contribution in [2.75, 3.05) is 6.61 Å². The molecule has 0 bridgehead atoms. The fourth-order valence-electron chi connectivity index (χ4n) is 3.71. The van der Waals surface area contributed by atoms with E-state index in [1.165, 1.54) is 6.26 Å². The second-order valence-corrected chi connectivity index (χ2v) is 6.43. The molecule has 9 atom stereocenters. The molecule has 0 spiro atoms. The molecule has 2 heterocycles. The van der Waals surface area contributed by atoms with Crippen LogP contribution in [0.15, 0.2) is 12.3 Å². The maximum absolute atomic E-state index is 11.4. The molecule has 0 aromatic carbocycles. The second kappa shape index (κ2) is 6.95. The zero-order valence-corrected chi connectivity index (χ0v) is 12.8. The smallest absolute Gasteiger partial charge is 0.307 e. The number of carboxylic acid groups (broad SMARTS) is 1. The summed E-state index contributed by atoms with van der Waals surface area (Å²) in [5.74, 6) is -2.05. The maximum atomic E-state index is 11.4. The first-order chi connectivity index (χ1) is 11.4. The van der Waals surface area contributed by atoms with Crippen LogP contribution in [0.25, 0.3) is 0 Å². The molecule has 3 rings (SSSR count). The average molecular weight is 346 g/mol. The highest BCUT2D eigenvalue weighted by molar-refractivity contribution is 5.71. The predicted molar refractivity (Wildman–Crippen MR) is 76.2 cm³/mol. The summed E-state index contributed by atoms with van der Waals surface area (Å²) in [6.07, 6.45) is -3.61. The van der Waals surface area contributed by atoms with Gasteiger partial charge in [-0.1, -0.05) is 0 Å². The molecule has 0 aromatic heterocycles. The summed E-state index contributed by atoms with van der Waals surface area (Å²) in [5, 5.41) is 48.2. The molecule has 9 heteroatoms. The SMILES string of the molecule is O=C(O)[C@H]1CC[C@H]2C=CO[C@H](OC3OC(CO)C(O)C(O)C3O)[C@H]21. The molecule has 136 valence electrons. The van der Waals surface area contributed by atoms with Gasteiger partial charge >= 0.3 is 5.97 Å². The summed E-state index contributed by atoms with van der Waals surface area (Å²) >= 11 is 0. The van der Waals surface area contributed by atoms with Crippen LogP contribution in [0.5, 0.6) is 0 Å². The van der Waals surface area contributed by atoms with Gasteiger partial charge in [0.05, 0.1) is 18.8 Å². The number of hydrogen-bond acceptors (Lipinski definition) is 8. The molecule has 24 heavy (non-hydrogen) atoms. The van der Waals surface area contributed by atoms with Crippen molar-refractivity contribution in [3.05, 3.63) is 12.3 Å². The number of aliphatic hydroxyl groups excluding tert-OH is 4. The molecular weight excluding hydrogens is 324 g/mol. The number of carbonyl (C=O) groups is 1. The Hall–Kier alpha value is -1.23. The molecule has 0 aromatic rings. The Labute approximate surface area is 138 Å². The zero-order valence-electron chi connectivity index (χ0n) is 12.8. The highest BCUT2D eigenvalue weighted by Crippen LogP contribution is 2.44. The Bertz CT molecular complexity index is 493. The molecule has 1 saturated heterocycles. The fourth-order valence-corrected chi connectivity index (χ4v) is 3.71. The first kappa shape index (κ1) is 17.6. The molecule has 5 N–H and O–H groups in total. The number of ether oxygens (including phenoxy) is 3. The quantitative estimate of drug-likeness (QED) is 0.406. The number of allylic oxidation sites excluding steroid dienone is 1. The van der Waals surface area contributed by atoms with Crippen molar-refractivity contribution in [2.24, 2.45) is 17.8 Å². The average Bonchev–Trinajstić information content (AvgIpc) is 3.00. The zero-order chi connectivity index (χ0) is 17.4. The van der Waals surface area contributed by atoms with E-state index in [0.717, 1.165) is 0 Å². The summed E-state index contributed by atoms with van der Waals surface area (Å²) in [5.41, 5.74) is 0. The minimum atomic E-state index is -1.56. The molecule has 2 aliphatic heterocycles. The second-order valence-electron chi connectivity index (χ2n) is 6.43. The minimum Gasteiger partial charge on any atom is -0.481 e. The van der Waals surface area contributed by atoms with Crippen molar-refractivity contribution in [1.29, 1.82) is 0 Å². The van der Waals surface area contributed by atoms with Crippen molar-refractivity contribution in [1.82, 2.24) is 0 Å². The Morgan fingerprint density at radius 3 is 2.54 bits per heavy atom. The Morgan fingerprint density at radius 2 is 1.88 bits per heavy atom. The van der Waals surface area contributed by atoms with Gasteiger partial charge in [0.25, 0.3) is 0 Å². The van der Waals surface area contributed by atoms with E-state index in [-0.39, 0.29) is 5.92 Å².